The van der Waals surface area contributed by atoms with Crippen LogP contribution in [0.5, 0.6) is 11.8 Å². The molecule has 2 N–H and O–H groups in total. The molecule has 2 rings (SSSR count). The van der Waals surface area contributed by atoms with E-state index in [0.717, 1.165) is 33.3 Å². The van der Waals surface area contributed by atoms with Gasteiger partial charge >= 0.3 is 6.01 Å². The van der Waals surface area contributed by atoms with Gasteiger partial charge < -0.3 is 10.5 Å². The fourth-order valence-corrected chi connectivity index (χ4v) is 1.99. The third kappa shape index (κ3) is 3.52. The van der Waals surface area contributed by atoms with Crippen LogP contribution in [0.1, 0.15) is 16.7 Å². The first-order chi connectivity index (χ1) is 9.10. The molecule has 0 bridgehead atoms. The monoisotopic (exact) mass is 321 g/mol. The maximum absolute atomic E-state index is 5.65. The van der Waals surface area contributed by atoms with Crippen molar-refractivity contribution in [2.45, 2.75) is 20.3 Å². The van der Waals surface area contributed by atoms with E-state index in [-0.39, 0.29) is 0 Å². The van der Waals surface area contributed by atoms with Gasteiger partial charge in [-0.3, -0.25) is 0 Å². The Balaban J connectivity index is 2.17. The zero-order chi connectivity index (χ0) is 13.8. The molecule has 0 amide bonds. The van der Waals surface area contributed by atoms with Crippen molar-refractivity contribution in [2.24, 2.45) is 5.73 Å². The number of rotatable bonds is 4. The lowest BCUT2D eigenvalue weighted by atomic mass is 10.1. The summed E-state index contributed by atoms with van der Waals surface area (Å²) >= 11 is 3.53. The number of benzene rings is 1. The molecule has 0 saturated carbocycles. The summed E-state index contributed by atoms with van der Waals surface area (Å²) in [6.45, 7) is 4.64. The Labute approximate surface area is 121 Å². The highest BCUT2D eigenvalue weighted by molar-refractivity contribution is 9.10. The molecule has 0 unspecified atom stereocenters. The lowest BCUT2D eigenvalue weighted by Crippen LogP contribution is -2.03. The van der Waals surface area contributed by atoms with Crippen LogP contribution in [-0.2, 0) is 6.42 Å². The van der Waals surface area contributed by atoms with Gasteiger partial charge in [-0.05, 0) is 55.6 Å². The number of ether oxygens (including phenoxy) is 1. The summed E-state index contributed by atoms with van der Waals surface area (Å²) in [6, 6.07) is 4.25. The molecule has 0 spiro atoms. The van der Waals surface area contributed by atoms with Crippen molar-refractivity contribution in [3.05, 3.63) is 45.7 Å². The van der Waals surface area contributed by atoms with Crippen molar-refractivity contribution in [1.82, 2.24) is 9.97 Å². The fraction of sp³-hybridized carbons (Fsp3) is 0.286. The summed E-state index contributed by atoms with van der Waals surface area (Å²) in [7, 11) is 0. The van der Waals surface area contributed by atoms with Crippen LogP contribution in [-0.4, -0.2) is 16.5 Å². The van der Waals surface area contributed by atoms with E-state index >= 15 is 0 Å². The largest absolute Gasteiger partial charge is 0.424 e. The molecule has 1 heterocycles. The molecule has 1 aromatic carbocycles. The molecule has 0 aliphatic heterocycles. The molecule has 0 fully saturated rings. The minimum absolute atomic E-state index is 0.349. The summed E-state index contributed by atoms with van der Waals surface area (Å²) in [5, 5.41) is 0. The van der Waals surface area contributed by atoms with Crippen molar-refractivity contribution in [1.29, 1.82) is 0 Å². The number of hydrogen-bond donors (Lipinski definition) is 1. The molecule has 0 radical (unpaired) electrons. The van der Waals surface area contributed by atoms with E-state index in [4.69, 9.17) is 10.5 Å². The van der Waals surface area contributed by atoms with Gasteiger partial charge in [-0.2, -0.15) is 0 Å². The zero-order valence-electron chi connectivity index (χ0n) is 11.0. The Morgan fingerprint density at radius 3 is 2.26 bits per heavy atom. The van der Waals surface area contributed by atoms with Gasteiger partial charge in [0, 0.05) is 16.9 Å². The molecule has 0 atom stereocenters. The van der Waals surface area contributed by atoms with Gasteiger partial charge in [0.15, 0.2) is 0 Å². The third-order valence-corrected chi connectivity index (χ3v) is 3.98. The molecule has 0 saturated heterocycles. The highest BCUT2D eigenvalue weighted by atomic mass is 79.9. The van der Waals surface area contributed by atoms with Crippen molar-refractivity contribution in [2.75, 3.05) is 6.54 Å². The van der Waals surface area contributed by atoms with Crippen LogP contribution >= 0.6 is 15.9 Å². The molecule has 5 heteroatoms. The van der Waals surface area contributed by atoms with Crippen molar-refractivity contribution in [3.63, 3.8) is 0 Å². The number of aryl methyl sites for hydroxylation is 2. The van der Waals surface area contributed by atoms with Crippen LogP contribution in [0, 0.1) is 13.8 Å². The molecule has 2 aromatic rings. The standard InChI is InChI=1S/C14H16BrN3O/c1-9-5-12(6-10(2)13(9)15)19-14-17-7-11(3-4-16)8-18-14/h5-8H,3-4,16H2,1-2H3. The van der Waals surface area contributed by atoms with Gasteiger partial charge in [0.2, 0.25) is 0 Å². The van der Waals surface area contributed by atoms with E-state index in [1.807, 2.05) is 26.0 Å². The molecule has 1 aromatic heterocycles. The Kier molecular flexibility index (Phi) is 4.50. The molecular formula is C14H16BrN3O. The van der Waals surface area contributed by atoms with Crippen LogP contribution < -0.4 is 10.5 Å². The Morgan fingerprint density at radius 2 is 1.74 bits per heavy atom. The minimum atomic E-state index is 0.349. The molecule has 19 heavy (non-hydrogen) atoms. The van der Waals surface area contributed by atoms with Gasteiger partial charge in [0.05, 0.1) is 0 Å². The predicted molar refractivity (Wildman–Crippen MR) is 78.5 cm³/mol. The Bertz CT molecular complexity index is 546. The molecular weight excluding hydrogens is 306 g/mol. The van der Waals surface area contributed by atoms with Crippen LogP contribution in [0.15, 0.2) is 29.0 Å². The van der Waals surface area contributed by atoms with Gasteiger partial charge in [0.1, 0.15) is 5.75 Å². The molecule has 4 nitrogen and oxygen atoms in total. The highest BCUT2D eigenvalue weighted by Crippen LogP contribution is 2.28. The van der Waals surface area contributed by atoms with E-state index in [0.29, 0.717) is 12.6 Å². The SMILES string of the molecule is Cc1cc(Oc2ncc(CCN)cn2)cc(C)c1Br. The number of nitrogens with two attached hydrogens (primary N) is 1. The zero-order valence-corrected chi connectivity index (χ0v) is 12.6. The van der Waals surface area contributed by atoms with Gasteiger partial charge in [-0.15, -0.1) is 0 Å². The fourth-order valence-electron chi connectivity index (χ4n) is 1.76. The van der Waals surface area contributed by atoms with E-state index in [9.17, 15) is 0 Å². The summed E-state index contributed by atoms with van der Waals surface area (Å²) in [5.41, 5.74) is 8.73. The smallest absolute Gasteiger partial charge is 0.321 e. The van der Waals surface area contributed by atoms with E-state index in [2.05, 4.69) is 25.9 Å². The van der Waals surface area contributed by atoms with E-state index in [1.165, 1.54) is 0 Å². The Hall–Kier alpha value is -1.46. The van der Waals surface area contributed by atoms with Gasteiger partial charge in [0.25, 0.3) is 0 Å². The average Bonchev–Trinajstić information content (AvgIpc) is 2.38. The second-order valence-electron chi connectivity index (χ2n) is 4.39. The third-order valence-electron chi connectivity index (χ3n) is 2.73. The average molecular weight is 322 g/mol. The number of aromatic nitrogens is 2. The van der Waals surface area contributed by atoms with Gasteiger partial charge in [-0.25, -0.2) is 9.97 Å². The predicted octanol–water partition coefficient (Wildman–Crippen LogP) is 3.15. The Morgan fingerprint density at radius 1 is 1.16 bits per heavy atom. The van der Waals surface area contributed by atoms with Crippen molar-refractivity contribution in [3.8, 4) is 11.8 Å². The highest BCUT2D eigenvalue weighted by Gasteiger charge is 2.06. The van der Waals surface area contributed by atoms with E-state index < -0.39 is 0 Å². The minimum Gasteiger partial charge on any atom is -0.424 e. The molecule has 0 aliphatic carbocycles. The normalized spacial score (nSPS) is 10.5. The lowest BCUT2D eigenvalue weighted by molar-refractivity contribution is 0.440. The first-order valence-corrected chi connectivity index (χ1v) is 6.85. The van der Waals surface area contributed by atoms with Crippen LogP contribution in [0.4, 0.5) is 0 Å². The first kappa shape index (κ1) is 14.0. The van der Waals surface area contributed by atoms with Gasteiger partial charge in [-0.1, -0.05) is 15.9 Å². The lowest BCUT2D eigenvalue weighted by Gasteiger charge is -2.08. The molecule has 0 aliphatic rings. The second kappa shape index (κ2) is 6.12. The van der Waals surface area contributed by atoms with Crippen LogP contribution in [0.3, 0.4) is 0 Å². The van der Waals surface area contributed by atoms with Crippen molar-refractivity contribution < 1.29 is 4.74 Å². The maximum atomic E-state index is 5.65. The maximum Gasteiger partial charge on any atom is 0.321 e. The van der Waals surface area contributed by atoms with E-state index in [1.54, 1.807) is 12.4 Å². The summed E-state index contributed by atoms with van der Waals surface area (Å²) in [5.74, 6) is 0.741. The number of nitrogens with zero attached hydrogens (tertiary/aromatic N) is 2. The summed E-state index contributed by atoms with van der Waals surface area (Å²) in [4.78, 5) is 8.35. The van der Waals surface area contributed by atoms with Crippen LogP contribution in [0.2, 0.25) is 0 Å². The van der Waals surface area contributed by atoms with Crippen molar-refractivity contribution >= 4 is 15.9 Å². The number of halogens is 1. The number of hydrogen-bond acceptors (Lipinski definition) is 4. The van der Waals surface area contributed by atoms with Crippen LogP contribution in [0.25, 0.3) is 0 Å². The second-order valence-corrected chi connectivity index (χ2v) is 5.18. The summed E-state index contributed by atoms with van der Waals surface area (Å²) < 4.78 is 6.75. The topological polar surface area (TPSA) is 61.0 Å². The first-order valence-electron chi connectivity index (χ1n) is 6.05. The quantitative estimate of drug-likeness (QED) is 0.939. The molecule has 100 valence electrons. The summed E-state index contributed by atoms with van der Waals surface area (Å²) in [6.07, 6.45) is 4.26.